The maximum atomic E-state index is 13.1. The molecule has 0 unspecified atom stereocenters. The maximum absolute atomic E-state index is 13.1. The Hall–Kier alpha value is -1.85. The number of benzene rings is 1. The number of carbonyl (C=O) groups excluding carboxylic acids is 1. The molecule has 2 aromatic rings. The van der Waals surface area contributed by atoms with Gasteiger partial charge in [0.15, 0.2) is 5.76 Å². The Morgan fingerprint density at radius 3 is 2.52 bits per heavy atom. The summed E-state index contributed by atoms with van der Waals surface area (Å²) in [5.41, 5.74) is 3.02. The number of rotatable bonds is 5. The Kier molecular flexibility index (Phi) is 5.98. The molecule has 0 atom stereocenters. The fourth-order valence-corrected chi connectivity index (χ4v) is 5.23. The molecule has 1 saturated heterocycles. The van der Waals surface area contributed by atoms with Gasteiger partial charge in [0, 0.05) is 49.2 Å². The number of hydrogen-bond donors (Lipinski definition) is 1. The summed E-state index contributed by atoms with van der Waals surface area (Å²) < 4.78 is 5.93. The summed E-state index contributed by atoms with van der Waals surface area (Å²) in [5, 5.41) is 4.30. The molecule has 0 spiro atoms. The van der Waals surface area contributed by atoms with Crippen molar-refractivity contribution in [2.75, 3.05) is 39.3 Å². The van der Waals surface area contributed by atoms with E-state index in [0.29, 0.717) is 12.3 Å². The molecule has 1 saturated carbocycles. The van der Waals surface area contributed by atoms with Crippen LogP contribution in [0.1, 0.15) is 60.7 Å². The second kappa shape index (κ2) is 8.49. The van der Waals surface area contributed by atoms with E-state index in [2.05, 4.69) is 35.0 Å². The average molecular weight is 398 g/mol. The van der Waals surface area contributed by atoms with Crippen molar-refractivity contribution in [1.82, 2.24) is 15.1 Å². The Morgan fingerprint density at radius 2 is 1.83 bits per heavy atom. The molecular formula is C24H35N3O2. The van der Waals surface area contributed by atoms with Crippen molar-refractivity contribution in [1.29, 1.82) is 0 Å². The van der Waals surface area contributed by atoms with E-state index in [4.69, 9.17) is 4.42 Å². The number of nitrogens with one attached hydrogen (secondary N) is 1. The average Bonchev–Trinajstić information content (AvgIpc) is 3.09. The molecule has 1 amide bonds. The van der Waals surface area contributed by atoms with E-state index >= 15 is 0 Å². The molecule has 1 aliphatic carbocycles. The lowest BCUT2D eigenvalue weighted by molar-refractivity contribution is 0.00907. The Balaban J connectivity index is 1.49. The minimum absolute atomic E-state index is 0.0755. The Labute approximate surface area is 174 Å². The summed E-state index contributed by atoms with van der Waals surface area (Å²) in [5.74, 6) is 0.390. The number of nitrogens with zero attached hydrogens (tertiary/aromatic N) is 2. The fourth-order valence-electron chi connectivity index (χ4n) is 5.23. The smallest absolute Gasteiger partial charge is 0.287 e. The number of carbonyl (C=O) groups is 1. The van der Waals surface area contributed by atoms with Crippen LogP contribution in [0, 0.1) is 13.8 Å². The van der Waals surface area contributed by atoms with E-state index in [9.17, 15) is 4.79 Å². The first-order valence-electron chi connectivity index (χ1n) is 11.3. The number of hydrogen-bond acceptors (Lipinski definition) is 4. The number of likely N-dealkylation sites (N-methyl/N-ethyl adjacent to an activating group) is 1. The first-order chi connectivity index (χ1) is 14.0. The van der Waals surface area contributed by atoms with Gasteiger partial charge in [-0.05, 0) is 45.4 Å². The van der Waals surface area contributed by atoms with Crippen molar-refractivity contribution in [2.24, 2.45) is 0 Å². The molecular weight excluding hydrogens is 362 g/mol. The number of piperazine rings is 1. The molecule has 5 nitrogen and oxygen atoms in total. The molecule has 158 valence electrons. The van der Waals surface area contributed by atoms with Gasteiger partial charge < -0.3 is 14.6 Å². The van der Waals surface area contributed by atoms with Crippen LogP contribution in [0.5, 0.6) is 0 Å². The molecule has 2 fully saturated rings. The second-order valence-electron chi connectivity index (χ2n) is 8.94. The molecule has 2 aliphatic rings. The van der Waals surface area contributed by atoms with Gasteiger partial charge in [0.05, 0.1) is 0 Å². The van der Waals surface area contributed by atoms with Crippen molar-refractivity contribution in [3.63, 3.8) is 0 Å². The van der Waals surface area contributed by atoms with Crippen molar-refractivity contribution in [3.05, 3.63) is 35.1 Å². The van der Waals surface area contributed by atoms with Crippen LogP contribution in [-0.2, 0) is 0 Å². The quantitative estimate of drug-likeness (QED) is 0.825. The van der Waals surface area contributed by atoms with E-state index in [1.165, 1.54) is 37.7 Å². The van der Waals surface area contributed by atoms with E-state index in [1.54, 1.807) is 0 Å². The van der Waals surface area contributed by atoms with Gasteiger partial charge >= 0.3 is 0 Å². The summed E-state index contributed by atoms with van der Waals surface area (Å²) >= 11 is 0. The van der Waals surface area contributed by atoms with E-state index in [1.807, 2.05) is 19.1 Å². The van der Waals surface area contributed by atoms with Crippen LogP contribution in [0.25, 0.3) is 11.0 Å². The second-order valence-corrected chi connectivity index (χ2v) is 8.94. The van der Waals surface area contributed by atoms with Gasteiger partial charge in [-0.2, -0.15) is 0 Å². The summed E-state index contributed by atoms with van der Waals surface area (Å²) in [6.45, 7) is 12.6. The van der Waals surface area contributed by atoms with Crippen molar-refractivity contribution < 1.29 is 9.21 Å². The zero-order valence-electron chi connectivity index (χ0n) is 18.2. The molecule has 1 aromatic carbocycles. The first kappa shape index (κ1) is 20.4. The van der Waals surface area contributed by atoms with E-state index < -0.39 is 0 Å². The van der Waals surface area contributed by atoms with Gasteiger partial charge in [-0.1, -0.05) is 37.8 Å². The van der Waals surface area contributed by atoms with Gasteiger partial charge in [-0.15, -0.1) is 0 Å². The van der Waals surface area contributed by atoms with Crippen molar-refractivity contribution in [2.45, 2.75) is 58.4 Å². The van der Waals surface area contributed by atoms with Gasteiger partial charge in [-0.3, -0.25) is 9.69 Å². The molecule has 4 rings (SSSR count). The first-order valence-corrected chi connectivity index (χ1v) is 11.3. The summed E-state index contributed by atoms with van der Waals surface area (Å²) in [6, 6.07) is 6.09. The molecule has 1 aromatic heterocycles. The van der Waals surface area contributed by atoms with Crippen LogP contribution in [-0.4, -0.2) is 60.5 Å². The third-order valence-corrected chi connectivity index (χ3v) is 7.15. The highest BCUT2D eigenvalue weighted by Gasteiger charge is 2.39. The van der Waals surface area contributed by atoms with E-state index in [0.717, 1.165) is 49.3 Å². The van der Waals surface area contributed by atoms with Crippen LogP contribution < -0.4 is 5.32 Å². The Bertz CT molecular complexity index is 858. The normalized spacial score (nSPS) is 20.8. The maximum Gasteiger partial charge on any atom is 0.287 e. The summed E-state index contributed by atoms with van der Waals surface area (Å²) in [6.07, 6.45) is 6.18. The Morgan fingerprint density at radius 1 is 1.10 bits per heavy atom. The minimum atomic E-state index is -0.0755. The molecule has 1 N–H and O–H groups in total. The van der Waals surface area contributed by atoms with Gasteiger partial charge in [-0.25, -0.2) is 0 Å². The van der Waals surface area contributed by atoms with Crippen molar-refractivity contribution >= 4 is 16.9 Å². The SMILES string of the molecule is CCN1CCN(C2(CNC(=O)c3oc4ccc(C)cc4c3C)CCCCC2)CC1. The fraction of sp³-hybridized carbons (Fsp3) is 0.625. The van der Waals surface area contributed by atoms with Gasteiger partial charge in [0.1, 0.15) is 5.58 Å². The summed E-state index contributed by atoms with van der Waals surface area (Å²) in [7, 11) is 0. The molecule has 1 aliphatic heterocycles. The number of aryl methyl sites for hydroxylation is 2. The molecule has 0 bridgehead atoms. The van der Waals surface area contributed by atoms with Crippen molar-refractivity contribution in [3.8, 4) is 0 Å². The zero-order valence-corrected chi connectivity index (χ0v) is 18.2. The highest BCUT2D eigenvalue weighted by atomic mass is 16.3. The predicted molar refractivity (Wildman–Crippen MR) is 118 cm³/mol. The van der Waals surface area contributed by atoms with E-state index in [-0.39, 0.29) is 11.4 Å². The largest absolute Gasteiger partial charge is 0.451 e. The topological polar surface area (TPSA) is 48.7 Å². The van der Waals surface area contributed by atoms with Crippen LogP contribution in [0.4, 0.5) is 0 Å². The third kappa shape index (κ3) is 4.08. The number of furan rings is 1. The molecule has 5 heteroatoms. The monoisotopic (exact) mass is 397 g/mol. The number of amides is 1. The molecule has 0 radical (unpaired) electrons. The minimum Gasteiger partial charge on any atom is -0.451 e. The molecule has 29 heavy (non-hydrogen) atoms. The number of fused-ring (bicyclic) bond motifs is 1. The zero-order chi connectivity index (χ0) is 20.4. The predicted octanol–water partition coefficient (Wildman–Crippen LogP) is 4.12. The lowest BCUT2D eigenvalue weighted by Crippen LogP contribution is -2.61. The lowest BCUT2D eigenvalue weighted by atomic mass is 9.79. The highest BCUT2D eigenvalue weighted by molar-refractivity contribution is 5.99. The molecule has 2 heterocycles. The third-order valence-electron chi connectivity index (χ3n) is 7.15. The van der Waals surface area contributed by atoms with Crippen LogP contribution in [0.3, 0.4) is 0 Å². The van der Waals surface area contributed by atoms with Crippen LogP contribution in [0.15, 0.2) is 22.6 Å². The standard InChI is InChI=1S/C24H35N3O2/c1-4-26-12-14-27(15-13-26)24(10-6-5-7-11-24)17-25-23(28)22-19(3)20-16-18(2)8-9-21(20)29-22/h8-9,16H,4-7,10-15,17H2,1-3H3,(H,25,28). The lowest BCUT2D eigenvalue weighted by Gasteiger charge is -2.50. The van der Waals surface area contributed by atoms with Gasteiger partial charge in [0.2, 0.25) is 0 Å². The summed E-state index contributed by atoms with van der Waals surface area (Å²) in [4.78, 5) is 18.2. The van der Waals surface area contributed by atoms with Gasteiger partial charge in [0.25, 0.3) is 5.91 Å². The highest BCUT2D eigenvalue weighted by Crippen LogP contribution is 2.34. The van der Waals surface area contributed by atoms with Crippen LogP contribution in [0.2, 0.25) is 0 Å². The van der Waals surface area contributed by atoms with Crippen LogP contribution >= 0.6 is 0 Å².